The third-order valence-corrected chi connectivity index (χ3v) is 18.3. The van der Waals surface area contributed by atoms with Crippen LogP contribution in [0, 0.1) is 11.7 Å². The van der Waals surface area contributed by atoms with E-state index in [-0.39, 0.29) is 18.0 Å². The molecule has 2 heterocycles. The average Bonchev–Trinajstić information content (AvgIpc) is 3.82. The van der Waals surface area contributed by atoms with Crippen molar-refractivity contribution in [2.75, 3.05) is 26.2 Å². The van der Waals surface area contributed by atoms with Crippen LogP contribution in [0.3, 0.4) is 0 Å². The van der Waals surface area contributed by atoms with Crippen LogP contribution in [0.5, 0.6) is 5.75 Å². The molecule has 5 nitrogen and oxygen atoms in total. The summed E-state index contributed by atoms with van der Waals surface area (Å²) < 4.78 is 27.1. The molecule has 79 heavy (non-hydrogen) atoms. The van der Waals surface area contributed by atoms with Gasteiger partial charge in [0.15, 0.2) is 0 Å². The summed E-state index contributed by atoms with van der Waals surface area (Å²) in [6.07, 6.45) is 66.8. The zero-order valence-electron chi connectivity index (χ0n) is 52.5. The van der Waals surface area contributed by atoms with Crippen molar-refractivity contribution in [1.29, 1.82) is 0 Å². The highest BCUT2D eigenvalue weighted by Gasteiger charge is 2.53. The minimum absolute atomic E-state index is 0.147. The Labute approximate surface area is 489 Å². The number of carbonyl (C=O) groups excluding carboxylic acids is 1. The molecule has 1 amide bonds. The van der Waals surface area contributed by atoms with Crippen molar-refractivity contribution in [2.45, 2.75) is 354 Å². The smallest absolute Gasteiger partial charge is 0.411 e. The summed E-state index contributed by atoms with van der Waals surface area (Å²) in [5.41, 5.74) is 1.51. The van der Waals surface area contributed by atoms with Crippen molar-refractivity contribution in [2.24, 2.45) is 5.92 Å². The molecule has 0 bridgehead atoms. The van der Waals surface area contributed by atoms with Gasteiger partial charge in [0.25, 0.3) is 0 Å². The lowest BCUT2D eigenvalue weighted by molar-refractivity contribution is 0.00771. The summed E-state index contributed by atoms with van der Waals surface area (Å²) in [5.74, 6) is 1.08. The molecule has 1 spiro atoms. The summed E-state index contributed by atoms with van der Waals surface area (Å²) in [5, 5.41) is 0. The molecule has 2 atom stereocenters. The van der Waals surface area contributed by atoms with Crippen LogP contribution < -0.4 is 4.74 Å². The molecule has 0 aromatic heterocycles. The molecular formula is C73H127FN2O3. The minimum Gasteiger partial charge on any atom is -0.493 e. The Balaban J connectivity index is 1.25. The number of benzene rings is 2. The lowest BCUT2D eigenvalue weighted by Crippen LogP contribution is -2.48. The molecule has 2 aliphatic rings. The Bertz CT molecular complexity index is 1680. The number of rotatable bonds is 8. The van der Waals surface area contributed by atoms with E-state index >= 15 is 0 Å². The standard InChI is InChI=1S/C73H127FN2O3/c1-4-75-61-50-48-46-44-42-40-38-36-34-32-30-28-26-24-22-20-18-16-14-12-10-8-6-5-7-9-11-13-15-17-19-21-23-25-27-29-31-33-35-37-39-41-43-45-47-49-59-73(60-62-75)71(63-67-51-55-69(74)56-52-67)76(72(77)79-73)64-68-53-57-70(58-54-68)78-65-66(2)3/h51-58,66,71H,4-50,59-65H2,1-3H3. The first-order valence-corrected chi connectivity index (χ1v) is 35.1. The van der Waals surface area contributed by atoms with Crippen LogP contribution in [0.1, 0.15) is 340 Å². The highest BCUT2D eigenvalue weighted by Crippen LogP contribution is 2.41. The van der Waals surface area contributed by atoms with Crippen LogP contribution >= 0.6 is 0 Å². The maximum Gasteiger partial charge on any atom is 0.411 e. The van der Waals surface area contributed by atoms with E-state index in [0.29, 0.717) is 25.5 Å². The Hall–Kier alpha value is -2.60. The number of halogens is 1. The predicted octanol–water partition coefficient (Wildman–Crippen LogP) is 23.2. The van der Waals surface area contributed by atoms with Crippen molar-refractivity contribution >= 4 is 6.09 Å². The summed E-state index contributed by atoms with van der Waals surface area (Å²) >= 11 is 0. The molecule has 0 N–H and O–H groups in total. The first kappa shape index (κ1) is 68.9. The van der Waals surface area contributed by atoms with Gasteiger partial charge in [0.2, 0.25) is 0 Å². The summed E-state index contributed by atoms with van der Waals surface area (Å²) in [4.78, 5) is 18.9. The molecule has 0 radical (unpaired) electrons. The second-order valence-corrected chi connectivity index (χ2v) is 26.0. The Morgan fingerprint density at radius 2 is 0.785 bits per heavy atom. The van der Waals surface area contributed by atoms with Crippen LogP contribution in [-0.2, 0) is 17.7 Å². The van der Waals surface area contributed by atoms with E-state index in [2.05, 4.69) is 37.8 Å². The molecule has 2 fully saturated rings. The molecule has 0 saturated carbocycles. The third kappa shape index (κ3) is 33.9. The lowest BCUT2D eigenvalue weighted by Gasteiger charge is -2.37. The maximum absolute atomic E-state index is 14.3. The number of hydrogen-bond acceptors (Lipinski definition) is 4. The summed E-state index contributed by atoms with van der Waals surface area (Å²) in [7, 11) is 0. The van der Waals surface area contributed by atoms with E-state index in [1.165, 1.54) is 283 Å². The Kier molecular flexibility index (Phi) is 40.8. The van der Waals surface area contributed by atoms with E-state index in [4.69, 9.17) is 9.47 Å². The van der Waals surface area contributed by atoms with E-state index in [1.807, 2.05) is 29.2 Å². The monoisotopic (exact) mass is 1100 g/mol. The zero-order valence-corrected chi connectivity index (χ0v) is 52.5. The first-order valence-electron chi connectivity index (χ1n) is 35.1. The molecule has 4 rings (SSSR count). The van der Waals surface area contributed by atoms with Crippen molar-refractivity contribution in [3.63, 3.8) is 0 Å². The van der Waals surface area contributed by atoms with E-state index in [9.17, 15) is 9.18 Å². The average molecular weight is 1100 g/mol. The van der Waals surface area contributed by atoms with Gasteiger partial charge in [-0.2, -0.15) is 0 Å². The molecule has 454 valence electrons. The highest BCUT2D eigenvalue weighted by atomic mass is 19.1. The first-order chi connectivity index (χ1) is 38.9. The van der Waals surface area contributed by atoms with Crippen LogP contribution in [0.2, 0.25) is 0 Å². The van der Waals surface area contributed by atoms with Crippen LogP contribution in [0.15, 0.2) is 48.5 Å². The number of hydrogen-bond donors (Lipinski definition) is 0. The van der Waals surface area contributed by atoms with Crippen LogP contribution in [-0.4, -0.2) is 53.8 Å². The number of ether oxygens (including phenoxy) is 2. The van der Waals surface area contributed by atoms with Gasteiger partial charge < -0.3 is 14.4 Å². The van der Waals surface area contributed by atoms with Crippen molar-refractivity contribution < 1.29 is 18.7 Å². The molecule has 2 saturated heterocycles. The van der Waals surface area contributed by atoms with Gasteiger partial charge >= 0.3 is 6.09 Å². The van der Waals surface area contributed by atoms with Crippen molar-refractivity contribution in [3.05, 3.63) is 65.5 Å². The largest absolute Gasteiger partial charge is 0.493 e. The second kappa shape index (κ2) is 46.8. The van der Waals surface area contributed by atoms with Gasteiger partial charge in [0, 0.05) is 19.5 Å². The van der Waals surface area contributed by atoms with Crippen molar-refractivity contribution in [3.8, 4) is 5.75 Å². The van der Waals surface area contributed by atoms with Gasteiger partial charge in [-0.3, -0.25) is 4.90 Å². The van der Waals surface area contributed by atoms with Crippen LogP contribution in [0.25, 0.3) is 0 Å². The summed E-state index contributed by atoms with van der Waals surface area (Å²) in [6, 6.07) is 15.1. The fraction of sp³-hybridized carbons (Fsp3) is 0.822. The second-order valence-electron chi connectivity index (χ2n) is 26.0. The van der Waals surface area contributed by atoms with E-state index in [0.717, 1.165) is 62.2 Å². The predicted molar refractivity (Wildman–Crippen MR) is 339 cm³/mol. The minimum atomic E-state index is -0.610. The molecular weight excluding hydrogens is 972 g/mol. The van der Waals surface area contributed by atoms with E-state index in [1.54, 1.807) is 12.1 Å². The highest BCUT2D eigenvalue weighted by molar-refractivity contribution is 5.72. The molecule has 2 aromatic carbocycles. The van der Waals surface area contributed by atoms with Gasteiger partial charge in [0.1, 0.15) is 17.2 Å². The fourth-order valence-electron chi connectivity index (χ4n) is 13.1. The lowest BCUT2D eigenvalue weighted by atomic mass is 9.81. The van der Waals surface area contributed by atoms with Gasteiger partial charge in [0.05, 0.1) is 12.6 Å². The molecule has 0 aliphatic carbocycles. The number of amides is 1. The maximum atomic E-state index is 14.3. The summed E-state index contributed by atoms with van der Waals surface area (Å²) in [6.45, 7) is 10.8. The Morgan fingerprint density at radius 3 is 1.13 bits per heavy atom. The quantitative estimate of drug-likeness (QED) is 0.264. The fourth-order valence-corrected chi connectivity index (χ4v) is 13.1. The van der Waals surface area contributed by atoms with E-state index < -0.39 is 5.60 Å². The molecule has 2 aromatic rings. The van der Waals surface area contributed by atoms with Gasteiger partial charge in [-0.1, -0.05) is 328 Å². The normalized spacial score (nSPS) is 23.7. The van der Waals surface area contributed by atoms with Crippen LogP contribution in [0.4, 0.5) is 9.18 Å². The molecule has 2 aliphatic heterocycles. The third-order valence-electron chi connectivity index (χ3n) is 18.3. The SMILES string of the molecule is CCN1CCCCCCCCCCCCCCCCCCCCCCCCCCCCCCCCCCCCCCCCCCCCCCCCC2(CC1)OC(=O)N(Cc1ccc(OCC(C)C)cc1)C2Cc1ccc(F)cc1. The Morgan fingerprint density at radius 1 is 0.456 bits per heavy atom. The van der Waals surface area contributed by atoms with Gasteiger partial charge in [-0.25, -0.2) is 9.18 Å². The number of carbonyl (C=O) groups is 1. The van der Waals surface area contributed by atoms with Gasteiger partial charge in [-0.15, -0.1) is 0 Å². The van der Waals surface area contributed by atoms with Crippen molar-refractivity contribution in [1.82, 2.24) is 9.80 Å². The topological polar surface area (TPSA) is 42.0 Å². The molecule has 2 unspecified atom stereocenters. The molecule has 6 heteroatoms. The number of nitrogens with zero attached hydrogens (tertiary/aromatic N) is 2. The van der Waals surface area contributed by atoms with Gasteiger partial charge in [-0.05, 0) is 80.1 Å². The zero-order chi connectivity index (χ0) is 56.0.